The average Bonchev–Trinajstić information content (AvgIpc) is 4.17. The van der Waals surface area contributed by atoms with Gasteiger partial charge in [0.1, 0.15) is 53.3 Å². The molecule has 3 heterocycles. The Morgan fingerprint density at radius 3 is 2.14 bits per heavy atom. The van der Waals surface area contributed by atoms with Crippen molar-refractivity contribution in [3.63, 3.8) is 0 Å². The summed E-state index contributed by atoms with van der Waals surface area (Å²) in [5.41, 5.74) is 4.47. The summed E-state index contributed by atoms with van der Waals surface area (Å²) in [4.78, 5) is 86.9. The SMILES string of the molecule is Cc1cc(OCCCC(=O)c2cc([N+](=O)[O-])cc([N+](=O)[O-])c2)ccc1-c1c2ccc(=O)cc-2oc2cc(OCc3ccc(OCC4=C(C(=O)O)N5C(=O)[C@@H](CC(=O)Cc6ccccc6)[C@H]5SC45CC5)cc3)ccc12. The van der Waals surface area contributed by atoms with Crippen LogP contribution in [0.3, 0.4) is 0 Å². The summed E-state index contributed by atoms with van der Waals surface area (Å²) in [7, 11) is 0. The molecule has 3 aliphatic heterocycles. The number of benzene rings is 6. The molecule has 1 saturated heterocycles. The van der Waals surface area contributed by atoms with E-state index < -0.39 is 49.0 Å². The summed E-state index contributed by atoms with van der Waals surface area (Å²) in [6.45, 7) is 2.21. The molecule has 5 aromatic carbocycles. The number of carboxylic acid groups (broad SMARTS) is 1. The molecule has 2 atom stereocenters. The number of Topliss-reactive ketones (excluding diaryl/α,β-unsaturated/α-hetero) is 2. The topological polar surface area (TPSA) is 236 Å². The summed E-state index contributed by atoms with van der Waals surface area (Å²) in [5, 5.41) is 33.3. The van der Waals surface area contributed by atoms with Crippen LogP contribution in [0.5, 0.6) is 17.2 Å². The summed E-state index contributed by atoms with van der Waals surface area (Å²) in [6, 6.07) is 35.1. The predicted octanol–water partition coefficient (Wildman–Crippen LogP) is 10.3. The van der Waals surface area contributed by atoms with Gasteiger partial charge in [-0.3, -0.25) is 44.3 Å². The van der Waals surface area contributed by atoms with Crippen molar-refractivity contribution in [2.24, 2.45) is 5.92 Å². The number of aryl methyl sites for hydroxylation is 1. The van der Waals surface area contributed by atoms with Crippen LogP contribution in [0.15, 0.2) is 148 Å². The normalized spacial score (nSPS) is 16.4. The molecule has 10 rings (SSSR count). The van der Waals surface area contributed by atoms with E-state index in [-0.39, 0.29) is 73.9 Å². The third-order valence-electron chi connectivity index (χ3n) is 13.5. The van der Waals surface area contributed by atoms with Crippen LogP contribution in [0.25, 0.3) is 33.4 Å². The van der Waals surface area contributed by atoms with Crippen molar-refractivity contribution in [3.8, 4) is 39.7 Å². The molecule has 1 N–H and O–H groups in total. The molecule has 1 spiro atoms. The molecule has 0 aromatic heterocycles. The van der Waals surface area contributed by atoms with Crippen LogP contribution >= 0.6 is 11.8 Å². The zero-order valence-corrected chi connectivity index (χ0v) is 40.5. The van der Waals surface area contributed by atoms with Crippen molar-refractivity contribution >= 4 is 57.5 Å². The molecule has 2 aliphatic carbocycles. The fourth-order valence-corrected chi connectivity index (χ4v) is 11.4. The molecule has 374 valence electrons. The minimum Gasteiger partial charge on any atom is -0.494 e. The van der Waals surface area contributed by atoms with Crippen LogP contribution in [-0.2, 0) is 27.4 Å². The number of ketones is 2. The second kappa shape index (κ2) is 20.1. The highest BCUT2D eigenvalue weighted by molar-refractivity contribution is 8.01. The van der Waals surface area contributed by atoms with Gasteiger partial charge in [-0.05, 0) is 97.0 Å². The summed E-state index contributed by atoms with van der Waals surface area (Å²) in [5.74, 6) is -0.756. The van der Waals surface area contributed by atoms with Gasteiger partial charge in [0.05, 0.1) is 33.8 Å². The zero-order chi connectivity index (χ0) is 51.8. The van der Waals surface area contributed by atoms with Crippen molar-refractivity contribution in [3.05, 3.63) is 191 Å². The maximum Gasteiger partial charge on any atom is 0.352 e. The van der Waals surface area contributed by atoms with E-state index >= 15 is 0 Å². The third-order valence-corrected chi connectivity index (χ3v) is 15.4. The summed E-state index contributed by atoms with van der Waals surface area (Å²) < 4.78 is 24.2. The van der Waals surface area contributed by atoms with E-state index in [0.29, 0.717) is 39.7 Å². The highest BCUT2D eigenvalue weighted by atomic mass is 32.2. The van der Waals surface area contributed by atoms with Crippen LogP contribution < -0.4 is 19.6 Å². The number of amides is 1. The van der Waals surface area contributed by atoms with Crippen LogP contribution in [0, 0.1) is 33.1 Å². The number of nitro benzene ring substituents is 2. The molecular formula is C56H45N3O14S. The van der Waals surface area contributed by atoms with E-state index in [1.807, 2.05) is 73.7 Å². The number of aliphatic carboxylic acids is 1. The zero-order valence-electron chi connectivity index (χ0n) is 39.6. The lowest BCUT2D eigenvalue weighted by atomic mass is 9.88. The first-order valence-electron chi connectivity index (χ1n) is 23.7. The minimum absolute atomic E-state index is 0.0168. The van der Waals surface area contributed by atoms with Crippen LogP contribution in [0.4, 0.5) is 11.4 Å². The number of carboxylic acids is 1. The first kappa shape index (κ1) is 49.0. The summed E-state index contributed by atoms with van der Waals surface area (Å²) in [6.07, 6.45) is 1.97. The lowest BCUT2D eigenvalue weighted by molar-refractivity contribution is -0.394. The van der Waals surface area contributed by atoms with Gasteiger partial charge in [0.2, 0.25) is 5.91 Å². The maximum atomic E-state index is 13.4. The molecule has 0 bridgehead atoms. The van der Waals surface area contributed by atoms with Crippen molar-refractivity contribution in [1.29, 1.82) is 0 Å². The number of hydrogen-bond acceptors (Lipinski definition) is 14. The standard InChI is InChI=1S/C56H45N3O14S/c1-32-22-41(70-21-5-8-48(62)35-24-36(58(66)67)26-37(25-35)59(68)69)14-17-43(32)51-44-16-11-38(60)28-49(44)73-50-29-42(15-18-45(50)51)71-30-34-9-12-40(13-10-34)72-31-47-52(55(64)65)57-53(63)46(54(57)74-56(47)19-20-56)27-39(61)23-33-6-3-2-4-7-33/h2-4,6-7,9-18,22,24-26,28-29,46,54H,5,8,19-21,23,27,30-31H2,1H3,(H,64,65)/t46-,54-/m1/s1. The second-order valence-corrected chi connectivity index (χ2v) is 20.0. The molecule has 2 fully saturated rings. The van der Waals surface area contributed by atoms with Gasteiger partial charge in [-0.1, -0.05) is 48.5 Å². The van der Waals surface area contributed by atoms with Gasteiger partial charge in [-0.25, -0.2) is 4.79 Å². The lowest BCUT2D eigenvalue weighted by Crippen LogP contribution is -2.63. The number of fused-ring (bicyclic) bond motifs is 3. The number of thioether (sulfide) groups is 1. The Bertz CT molecular complexity index is 3460. The van der Waals surface area contributed by atoms with E-state index in [0.717, 1.165) is 64.2 Å². The number of carbonyl (C=O) groups excluding carboxylic acids is 3. The molecule has 5 aromatic rings. The van der Waals surface area contributed by atoms with Gasteiger partial charge in [-0.2, -0.15) is 0 Å². The van der Waals surface area contributed by atoms with Crippen LogP contribution in [0.2, 0.25) is 0 Å². The lowest BCUT2D eigenvalue weighted by Gasteiger charge is -2.52. The number of β-lactam (4-membered cyclic amide) rings is 1. The second-order valence-electron chi connectivity index (χ2n) is 18.5. The molecule has 17 nitrogen and oxygen atoms in total. The van der Waals surface area contributed by atoms with Gasteiger partial charge >= 0.3 is 5.97 Å². The van der Waals surface area contributed by atoms with Crippen molar-refractivity contribution in [2.45, 2.75) is 62.2 Å². The number of carbonyl (C=O) groups is 4. The van der Waals surface area contributed by atoms with Crippen molar-refractivity contribution in [2.75, 3.05) is 13.2 Å². The number of nitrogens with zero attached hydrogens (tertiary/aromatic N) is 3. The monoisotopic (exact) mass is 1020 g/mol. The molecular weight excluding hydrogens is 971 g/mol. The van der Waals surface area contributed by atoms with E-state index in [2.05, 4.69) is 0 Å². The smallest absolute Gasteiger partial charge is 0.352 e. The number of non-ortho nitro benzene ring substituents is 2. The molecule has 18 heteroatoms. The maximum absolute atomic E-state index is 13.4. The Kier molecular flexibility index (Phi) is 13.3. The first-order valence-corrected chi connectivity index (χ1v) is 24.6. The Hall–Kier alpha value is -8.64. The van der Waals surface area contributed by atoms with E-state index in [4.69, 9.17) is 18.6 Å². The number of nitro groups is 2. The van der Waals surface area contributed by atoms with Gasteiger partial charge in [0.15, 0.2) is 11.2 Å². The number of rotatable bonds is 20. The fraction of sp³-hybridized carbons (Fsp3) is 0.232. The van der Waals surface area contributed by atoms with Gasteiger partial charge < -0.3 is 23.7 Å². The average molecular weight is 1020 g/mol. The highest BCUT2D eigenvalue weighted by Crippen LogP contribution is 2.63. The van der Waals surface area contributed by atoms with Crippen molar-refractivity contribution < 1.29 is 52.8 Å². The Morgan fingerprint density at radius 2 is 1.45 bits per heavy atom. The number of ether oxygens (including phenoxy) is 3. The molecule has 74 heavy (non-hydrogen) atoms. The molecule has 0 unspecified atom stereocenters. The third kappa shape index (κ3) is 9.95. The van der Waals surface area contributed by atoms with E-state index in [1.165, 1.54) is 17.0 Å². The van der Waals surface area contributed by atoms with Gasteiger partial charge in [0.25, 0.3) is 11.4 Å². The van der Waals surface area contributed by atoms with Gasteiger partial charge in [-0.15, -0.1) is 11.8 Å². The predicted molar refractivity (Wildman–Crippen MR) is 272 cm³/mol. The summed E-state index contributed by atoms with van der Waals surface area (Å²) >= 11 is 1.57. The molecule has 5 aliphatic rings. The molecule has 1 saturated carbocycles. The fourth-order valence-electron chi connectivity index (χ4n) is 9.63. The highest BCUT2D eigenvalue weighted by Gasteiger charge is 2.63. The molecule has 1 amide bonds. The van der Waals surface area contributed by atoms with E-state index in [9.17, 15) is 49.3 Å². The minimum atomic E-state index is -1.20. The van der Waals surface area contributed by atoms with E-state index in [1.54, 1.807) is 42.1 Å². The first-order chi connectivity index (χ1) is 35.6. The quantitative estimate of drug-likeness (QED) is 0.0187. The van der Waals surface area contributed by atoms with Crippen LogP contribution in [0.1, 0.15) is 59.2 Å². The Balaban J connectivity index is 0.783. The van der Waals surface area contributed by atoms with Crippen LogP contribution in [-0.4, -0.2) is 66.6 Å². The molecule has 0 radical (unpaired) electrons. The Labute approximate surface area is 426 Å². The Morgan fingerprint density at radius 1 is 0.770 bits per heavy atom. The largest absolute Gasteiger partial charge is 0.494 e. The number of hydrogen-bond donors (Lipinski definition) is 1. The van der Waals surface area contributed by atoms with Crippen molar-refractivity contribution in [1.82, 2.24) is 4.90 Å². The van der Waals surface area contributed by atoms with Gasteiger partial charge in [0, 0.05) is 75.9 Å².